The number of nitrogens with zero attached hydrogens (tertiary/aromatic N) is 6. The molecule has 0 fully saturated rings. The van der Waals surface area contributed by atoms with Gasteiger partial charge in [-0.2, -0.15) is 5.10 Å². The molecule has 0 atom stereocenters. The highest BCUT2D eigenvalue weighted by Crippen LogP contribution is 2.34. The van der Waals surface area contributed by atoms with Gasteiger partial charge in [-0.1, -0.05) is 12.1 Å². The highest BCUT2D eigenvalue weighted by molar-refractivity contribution is 5.93. The topological polar surface area (TPSA) is 71.2 Å². The zero-order valence-electron chi connectivity index (χ0n) is 19.9. The number of rotatable bonds is 5. The molecular weight excluding hydrogens is 402 g/mol. The molecule has 170 valence electrons. The fourth-order valence-electron chi connectivity index (χ4n) is 3.93. The summed E-state index contributed by atoms with van der Waals surface area (Å²) in [5.74, 6) is 1.91. The fraction of sp³-hybridized carbons (Fsp3) is 0.458. The molecule has 3 heterocycles. The number of anilines is 2. The van der Waals surface area contributed by atoms with Crippen molar-refractivity contribution in [3.8, 4) is 11.3 Å². The van der Waals surface area contributed by atoms with Gasteiger partial charge in [0.25, 0.3) is 5.91 Å². The van der Waals surface area contributed by atoms with Crippen LogP contribution in [0.5, 0.6) is 0 Å². The highest BCUT2D eigenvalue weighted by Gasteiger charge is 2.29. The lowest BCUT2D eigenvalue weighted by Crippen LogP contribution is -2.39. The first-order valence-electron chi connectivity index (χ1n) is 11.1. The zero-order chi connectivity index (χ0) is 23.0. The van der Waals surface area contributed by atoms with Gasteiger partial charge >= 0.3 is 0 Å². The van der Waals surface area contributed by atoms with E-state index in [9.17, 15) is 4.79 Å². The maximum absolute atomic E-state index is 13.0. The molecule has 1 N–H and O–H groups in total. The maximum Gasteiger partial charge on any atom is 0.257 e. The van der Waals surface area contributed by atoms with E-state index in [0.29, 0.717) is 25.2 Å². The number of nitrogens with one attached hydrogen (secondary N) is 1. The highest BCUT2D eigenvalue weighted by atomic mass is 16.2. The number of aryl methyl sites for hydroxylation is 1. The molecule has 0 saturated heterocycles. The average molecular weight is 436 g/mol. The van der Waals surface area contributed by atoms with Crippen LogP contribution in [0.1, 0.15) is 43.9 Å². The second kappa shape index (κ2) is 8.33. The van der Waals surface area contributed by atoms with Crippen LogP contribution in [0.25, 0.3) is 11.3 Å². The minimum atomic E-state index is -0.114. The van der Waals surface area contributed by atoms with Crippen LogP contribution in [0, 0.1) is 0 Å². The molecule has 0 bridgehead atoms. The van der Waals surface area contributed by atoms with Crippen molar-refractivity contribution in [1.82, 2.24) is 24.2 Å². The van der Waals surface area contributed by atoms with Gasteiger partial charge in [-0.05, 0) is 39.8 Å². The molecule has 1 aromatic carbocycles. The number of amides is 1. The molecular formula is C24H33N7O. The smallest absolute Gasteiger partial charge is 0.257 e. The van der Waals surface area contributed by atoms with Crippen molar-refractivity contribution in [1.29, 1.82) is 0 Å². The van der Waals surface area contributed by atoms with Crippen LogP contribution in [0.2, 0.25) is 0 Å². The van der Waals surface area contributed by atoms with E-state index in [1.807, 2.05) is 32.1 Å². The van der Waals surface area contributed by atoms with Crippen LogP contribution < -0.4 is 10.2 Å². The molecule has 2 aromatic heterocycles. The average Bonchev–Trinajstić information content (AvgIpc) is 3.37. The second-order valence-corrected chi connectivity index (χ2v) is 9.50. The molecule has 0 unspecified atom stereocenters. The Balaban J connectivity index is 1.67. The largest absolute Gasteiger partial charge is 0.378 e. The van der Waals surface area contributed by atoms with Crippen molar-refractivity contribution in [2.75, 3.05) is 30.9 Å². The number of fused-ring (bicyclic) bond motifs is 1. The van der Waals surface area contributed by atoms with Gasteiger partial charge in [0, 0.05) is 56.7 Å². The Morgan fingerprint density at radius 2 is 1.88 bits per heavy atom. The van der Waals surface area contributed by atoms with Crippen LogP contribution in [-0.2, 0) is 19.6 Å². The summed E-state index contributed by atoms with van der Waals surface area (Å²) in [6.45, 7) is 11.0. The molecule has 3 aromatic rings. The first kappa shape index (κ1) is 21.9. The summed E-state index contributed by atoms with van der Waals surface area (Å²) in [7, 11) is 4.07. The van der Waals surface area contributed by atoms with Crippen molar-refractivity contribution >= 4 is 17.4 Å². The van der Waals surface area contributed by atoms with E-state index in [2.05, 4.69) is 64.9 Å². The first-order chi connectivity index (χ1) is 15.2. The third-order valence-corrected chi connectivity index (χ3v) is 5.61. The molecule has 0 spiro atoms. The van der Waals surface area contributed by atoms with Gasteiger partial charge in [0.2, 0.25) is 0 Å². The number of imidazole rings is 1. The molecule has 4 rings (SSSR count). The summed E-state index contributed by atoms with van der Waals surface area (Å²) < 4.78 is 4.00. The lowest BCUT2D eigenvalue weighted by atomic mass is 10.1. The SMILES string of the molecule is CCn1cc(C(=O)N2CCn3c(nc(-c4ccc(N(C)C)cc4)c3NC(C)(C)C)C2)cn1. The Labute approximate surface area is 189 Å². The van der Waals surface area contributed by atoms with Gasteiger partial charge in [-0.3, -0.25) is 9.48 Å². The van der Waals surface area contributed by atoms with Gasteiger partial charge < -0.3 is 19.7 Å². The number of hydrogen-bond donors (Lipinski definition) is 1. The number of aromatic nitrogens is 4. The number of carbonyl (C=O) groups is 1. The molecule has 8 heteroatoms. The van der Waals surface area contributed by atoms with Crippen LogP contribution in [0.4, 0.5) is 11.5 Å². The normalized spacial score (nSPS) is 13.8. The predicted octanol–water partition coefficient (Wildman–Crippen LogP) is 3.70. The van der Waals surface area contributed by atoms with Crippen LogP contribution >= 0.6 is 0 Å². The Kier molecular flexibility index (Phi) is 5.71. The van der Waals surface area contributed by atoms with Gasteiger partial charge in [-0.15, -0.1) is 0 Å². The molecule has 32 heavy (non-hydrogen) atoms. The Morgan fingerprint density at radius 1 is 1.16 bits per heavy atom. The maximum atomic E-state index is 13.0. The Morgan fingerprint density at radius 3 is 2.47 bits per heavy atom. The second-order valence-electron chi connectivity index (χ2n) is 9.50. The minimum Gasteiger partial charge on any atom is -0.378 e. The quantitative estimate of drug-likeness (QED) is 0.662. The fourth-order valence-corrected chi connectivity index (χ4v) is 3.93. The van der Waals surface area contributed by atoms with Gasteiger partial charge in [0.1, 0.15) is 17.3 Å². The van der Waals surface area contributed by atoms with E-state index in [-0.39, 0.29) is 11.4 Å². The molecule has 1 amide bonds. The predicted molar refractivity (Wildman–Crippen MR) is 128 cm³/mol. The first-order valence-corrected chi connectivity index (χ1v) is 11.1. The van der Waals surface area contributed by atoms with Crippen molar-refractivity contribution in [2.45, 2.75) is 52.9 Å². The summed E-state index contributed by atoms with van der Waals surface area (Å²) in [5.41, 5.74) is 3.64. The van der Waals surface area contributed by atoms with Gasteiger partial charge in [0.15, 0.2) is 0 Å². The lowest BCUT2D eigenvalue weighted by Gasteiger charge is -2.30. The summed E-state index contributed by atoms with van der Waals surface area (Å²) in [5, 5.41) is 7.90. The van der Waals surface area contributed by atoms with Gasteiger partial charge in [0.05, 0.1) is 18.3 Å². The molecule has 1 aliphatic rings. The molecule has 8 nitrogen and oxygen atoms in total. The number of carbonyl (C=O) groups excluding carboxylic acids is 1. The van der Waals surface area contributed by atoms with Crippen molar-refractivity contribution < 1.29 is 4.79 Å². The van der Waals surface area contributed by atoms with E-state index >= 15 is 0 Å². The monoisotopic (exact) mass is 435 g/mol. The Bertz CT molecular complexity index is 1100. The molecule has 0 saturated carbocycles. The van der Waals surface area contributed by atoms with Crippen molar-refractivity contribution in [2.24, 2.45) is 0 Å². The van der Waals surface area contributed by atoms with Crippen molar-refractivity contribution in [3.05, 3.63) is 48.0 Å². The molecule has 0 radical (unpaired) electrons. The summed E-state index contributed by atoms with van der Waals surface area (Å²) in [4.78, 5) is 22.0. The Hall–Kier alpha value is -3.29. The van der Waals surface area contributed by atoms with Crippen molar-refractivity contribution in [3.63, 3.8) is 0 Å². The van der Waals surface area contributed by atoms with Gasteiger partial charge in [-0.25, -0.2) is 4.98 Å². The molecule has 1 aliphatic heterocycles. The lowest BCUT2D eigenvalue weighted by molar-refractivity contribution is 0.0708. The molecule has 0 aliphatic carbocycles. The van der Waals surface area contributed by atoms with E-state index in [0.717, 1.165) is 35.1 Å². The van der Waals surface area contributed by atoms with Crippen LogP contribution in [0.15, 0.2) is 36.7 Å². The third kappa shape index (κ3) is 4.35. The minimum absolute atomic E-state index is 0.00108. The standard InChI is InChI=1S/C24H33N7O/c1-7-30-15-18(14-25-30)23(32)29-12-13-31-20(16-29)26-21(22(31)27-24(2,3)4)17-8-10-19(11-9-17)28(5)6/h8-11,14-15,27H,7,12-13,16H2,1-6H3. The van der Waals surface area contributed by atoms with E-state index in [1.54, 1.807) is 10.9 Å². The summed E-state index contributed by atoms with van der Waals surface area (Å²) >= 11 is 0. The van der Waals surface area contributed by atoms with E-state index < -0.39 is 0 Å². The zero-order valence-corrected chi connectivity index (χ0v) is 19.9. The van der Waals surface area contributed by atoms with E-state index in [4.69, 9.17) is 4.98 Å². The van der Waals surface area contributed by atoms with E-state index in [1.165, 1.54) is 0 Å². The van der Waals surface area contributed by atoms with Crippen LogP contribution in [-0.4, -0.2) is 56.3 Å². The number of benzene rings is 1. The van der Waals surface area contributed by atoms with Crippen LogP contribution in [0.3, 0.4) is 0 Å². The number of hydrogen-bond acceptors (Lipinski definition) is 5. The third-order valence-electron chi connectivity index (χ3n) is 5.61. The summed E-state index contributed by atoms with van der Waals surface area (Å²) in [6.07, 6.45) is 3.46. The summed E-state index contributed by atoms with van der Waals surface area (Å²) in [6, 6.07) is 8.44.